The number of nitrogens with zero attached hydrogens (tertiary/aromatic N) is 2. The van der Waals surface area contributed by atoms with Crippen LogP contribution in [-0.2, 0) is 6.42 Å². The summed E-state index contributed by atoms with van der Waals surface area (Å²) in [7, 11) is 0. The summed E-state index contributed by atoms with van der Waals surface area (Å²) in [6.07, 6.45) is 2.65. The Labute approximate surface area is 87.5 Å². The molecule has 1 atom stereocenters. The van der Waals surface area contributed by atoms with E-state index < -0.39 is 0 Å². The summed E-state index contributed by atoms with van der Waals surface area (Å²) in [5.41, 5.74) is 5.73. The smallest absolute Gasteiger partial charge is 0.111 e. The minimum absolute atomic E-state index is 0.159. The Morgan fingerprint density at radius 3 is 2.62 bits per heavy atom. The molecule has 1 rings (SSSR count). The van der Waals surface area contributed by atoms with Crippen molar-refractivity contribution >= 4 is 15.9 Å². The van der Waals surface area contributed by atoms with Crippen molar-refractivity contribution in [1.29, 1.82) is 0 Å². The van der Waals surface area contributed by atoms with E-state index in [0.717, 1.165) is 16.8 Å². The lowest BCUT2D eigenvalue weighted by atomic mass is 10.2. The average Bonchev–Trinajstić information content (AvgIpc) is 2.30. The monoisotopic (exact) mass is 245 g/mol. The molecule has 0 fully saturated rings. The van der Waals surface area contributed by atoms with Crippen LogP contribution in [0.25, 0.3) is 0 Å². The molecule has 1 aromatic rings. The zero-order valence-electron chi connectivity index (χ0n) is 8.29. The SMILES string of the molecule is CC(N)Cc1ncc(Br)n1C(C)C. The summed E-state index contributed by atoms with van der Waals surface area (Å²) in [4.78, 5) is 4.31. The second kappa shape index (κ2) is 4.24. The third-order valence-electron chi connectivity index (χ3n) is 1.85. The first-order valence-corrected chi connectivity index (χ1v) is 5.29. The maximum atomic E-state index is 5.73. The summed E-state index contributed by atoms with van der Waals surface area (Å²) in [5, 5.41) is 0. The van der Waals surface area contributed by atoms with Crippen LogP contribution in [-0.4, -0.2) is 15.6 Å². The van der Waals surface area contributed by atoms with E-state index in [0.29, 0.717) is 6.04 Å². The number of aromatic nitrogens is 2. The van der Waals surface area contributed by atoms with Crippen LogP contribution in [0.5, 0.6) is 0 Å². The quantitative estimate of drug-likeness (QED) is 0.887. The van der Waals surface area contributed by atoms with Crippen molar-refractivity contribution < 1.29 is 0 Å². The van der Waals surface area contributed by atoms with Gasteiger partial charge in [-0.15, -0.1) is 0 Å². The fourth-order valence-electron chi connectivity index (χ4n) is 1.36. The molecule has 74 valence electrons. The van der Waals surface area contributed by atoms with Crippen molar-refractivity contribution in [2.24, 2.45) is 5.73 Å². The molecule has 1 heterocycles. The number of hydrogen-bond acceptors (Lipinski definition) is 2. The first kappa shape index (κ1) is 10.7. The van der Waals surface area contributed by atoms with Gasteiger partial charge in [0, 0.05) is 18.5 Å². The number of imidazole rings is 1. The fraction of sp³-hybridized carbons (Fsp3) is 0.667. The van der Waals surface area contributed by atoms with E-state index >= 15 is 0 Å². The van der Waals surface area contributed by atoms with Crippen molar-refractivity contribution in [2.45, 2.75) is 39.3 Å². The van der Waals surface area contributed by atoms with Gasteiger partial charge >= 0.3 is 0 Å². The standard InChI is InChI=1S/C9H16BrN3/c1-6(2)13-8(10)5-12-9(13)4-7(3)11/h5-7H,4,11H2,1-3H3. The molecule has 4 heteroatoms. The van der Waals surface area contributed by atoms with E-state index in [4.69, 9.17) is 5.73 Å². The van der Waals surface area contributed by atoms with Crippen LogP contribution in [0.4, 0.5) is 0 Å². The number of nitrogens with two attached hydrogens (primary N) is 1. The highest BCUT2D eigenvalue weighted by molar-refractivity contribution is 9.10. The predicted molar refractivity (Wildman–Crippen MR) is 57.7 cm³/mol. The van der Waals surface area contributed by atoms with Gasteiger partial charge in [0.1, 0.15) is 10.4 Å². The molecule has 13 heavy (non-hydrogen) atoms. The van der Waals surface area contributed by atoms with Gasteiger partial charge in [0.2, 0.25) is 0 Å². The lowest BCUT2D eigenvalue weighted by Gasteiger charge is -2.14. The summed E-state index contributed by atoms with van der Waals surface area (Å²) in [6.45, 7) is 6.27. The summed E-state index contributed by atoms with van der Waals surface area (Å²) in [6, 6.07) is 0.581. The lowest BCUT2D eigenvalue weighted by molar-refractivity contribution is 0.542. The molecule has 2 N–H and O–H groups in total. The molecular formula is C9H16BrN3. The van der Waals surface area contributed by atoms with Gasteiger partial charge in [-0.3, -0.25) is 0 Å². The van der Waals surface area contributed by atoms with E-state index in [9.17, 15) is 0 Å². The van der Waals surface area contributed by atoms with Crippen molar-refractivity contribution in [3.05, 3.63) is 16.6 Å². The average molecular weight is 246 g/mol. The Kier molecular flexibility index (Phi) is 3.50. The van der Waals surface area contributed by atoms with Gasteiger partial charge < -0.3 is 10.3 Å². The van der Waals surface area contributed by atoms with E-state index in [2.05, 4.69) is 39.3 Å². The molecule has 0 radical (unpaired) electrons. The Balaban J connectivity index is 2.94. The molecule has 0 bridgehead atoms. The van der Waals surface area contributed by atoms with Crippen LogP contribution >= 0.6 is 15.9 Å². The van der Waals surface area contributed by atoms with Crippen LogP contribution in [0.15, 0.2) is 10.8 Å². The molecule has 0 aromatic carbocycles. The van der Waals surface area contributed by atoms with Gasteiger partial charge in [-0.1, -0.05) is 0 Å². The zero-order chi connectivity index (χ0) is 10.0. The second-order valence-electron chi connectivity index (χ2n) is 3.64. The fourth-order valence-corrected chi connectivity index (χ4v) is 2.08. The third-order valence-corrected chi connectivity index (χ3v) is 2.44. The Bertz CT molecular complexity index is 278. The van der Waals surface area contributed by atoms with E-state index in [1.54, 1.807) is 0 Å². The Morgan fingerprint density at radius 1 is 1.54 bits per heavy atom. The maximum Gasteiger partial charge on any atom is 0.111 e. The second-order valence-corrected chi connectivity index (χ2v) is 4.45. The first-order valence-electron chi connectivity index (χ1n) is 4.49. The van der Waals surface area contributed by atoms with E-state index in [1.165, 1.54) is 0 Å². The molecule has 0 saturated heterocycles. The molecule has 0 aliphatic rings. The van der Waals surface area contributed by atoms with Crippen molar-refractivity contribution in [1.82, 2.24) is 9.55 Å². The highest BCUT2D eigenvalue weighted by atomic mass is 79.9. The summed E-state index contributed by atoms with van der Waals surface area (Å²) < 4.78 is 3.18. The summed E-state index contributed by atoms with van der Waals surface area (Å²) >= 11 is 3.47. The Morgan fingerprint density at radius 2 is 2.15 bits per heavy atom. The lowest BCUT2D eigenvalue weighted by Crippen LogP contribution is -2.21. The third kappa shape index (κ3) is 2.54. The number of rotatable bonds is 3. The highest BCUT2D eigenvalue weighted by Gasteiger charge is 2.11. The normalized spacial score (nSPS) is 13.7. The molecule has 0 saturated carbocycles. The molecular weight excluding hydrogens is 230 g/mol. The molecule has 0 aliphatic heterocycles. The van der Waals surface area contributed by atoms with Gasteiger partial charge in [-0.05, 0) is 36.7 Å². The van der Waals surface area contributed by atoms with Crippen LogP contribution in [0.2, 0.25) is 0 Å². The van der Waals surface area contributed by atoms with Gasteiger partial charge in [-0.2, -0.15) is 0 Å². The Hall–Kier alpha value is -0.350. The van der Waals surface area contributed by atoms with Gasteiger partial charge in [0.25, 0.3) is 0 Å². The maximum absolute atomic E-state index is 5.73. The van der Waals surface area contributed by atoms with Crippen LogP contribution < -0.4 is 5.73 Å². The minimum Gasteiger partial charge on any atom is -0.328 e. The number of hydrogen-bond donors (Lipinski definition) is 1. The topological polar surface area (TPSA) is 43.8 Å². The van der Waals surface area contributed by atoms with E-state index in [-0.39, 0.29) is 6.04 Å². The predicted octanol–water partition coefficient (Wildman–Crippen LogP) is 2.12. The van der Waals surface area contributed by atoms with Crippen LogP contribution in [0.1, 0.15) is 32.6 Å². The molecule has 0 aliphatic carbocycles. The summed E-state index contributed by atoms with van der Waals surface area (Å²) in [5.74, 6) is 1.05. The molecule has 3 nitrogen and oxygen atoms in total. The van der Waals surface area contributed by atoms with Gasteiger partial charge in [-0.25, -0.2) is 4.98 Å². The number of halogens is 1. The van der Waals surface area contributed by atoms with Crippen LogP contribution in [0, 0.1) is 0 Å². The largest absolute Gasteiger partial charge is 0.328 e. The van der Waals surface area contributed by atoms with Crippen molar-refractivity contribution in [2.75, 3.05) is 0 Å². The van der Waals surface area contributed by atoms with Gasteiger partial charge in [0.05, 0.1) is 6.20 Å². The molecule has 0 amide bonds. The van der Waals surface area contributed by atoms with E-state index in [1.807, 2.05) is 13.1 Å². The molecule has 0 spiro atoms. The molecule has 1 aromatic heterocycles. The van der Waals surface area contributed by atoms with Crippen molar-refractivity contribution in [3.63, 3.8) is 0 Å². The van der Waals surface area contributed by atoms with Gasteiger partial charge in [0.15, 0.2) is 0 Å². The zero-order valence-corrected chi connectivity index (χ0v) is 9.87. The first-order chi connectivity index (χ1) is 6.02. The van der Waals surface area contributed by atoms with Crippen molar-refractivity contribution in [3.8, 4) is 0 Å². The minimum atomic E-state index is 0.159. The highest BCUT2D eigenvalue weighted by Crippen LogP contribution is 2.19. The molecule has 1 unspecified atom stereocenters. The van der Waals surface area contributed by atoms with Crippen LogP contribution in [0.3, 0.4) is 0 Å².